The molecule has 0 aromatic carbocycles. The fourth-order valence-electron chi connectivity index (χ4n) is 1.36. The monoisotopic (exact) mass is 259 g/mol. The van der Waals surface area contributed by atoms with Crippen molar-refractivity contribution in [3.8, 4) is 0 Å². The molecule has 0 aliphatic heterocycles. The smallest absolute Gasteiger partial charge is 0.191 e. The highest BCUT2D eigenvalue weighted by Gasteiger charge is 2.07. The molecule has 0 spiro atoms. The zero-order chi connectivity index (χ0) is 13.8. The largest absolute Gasteiger partial charge is 0.380 e. The zero-order valence-corrected chi connectivity index (χ0v) is 12.3. The molecule has 0 aromatic rings. The topological polar surface area (TPSA) is 60.1 Å². The minimum atomic E-state index is 0.518. The van der Waals surface area contributed by atoms with Crippen LogP contribution in [0, 0.1) is 5.92 Å². The van der Waals surface area contributed by atoms with Gasteiger partial charge in [0.05, 0.1) is 13.2 Å². The summed E-state index contributed by atoms with van der Waals surface area (Å²) in [6, 6.07) is 0. The Balaban J connectivity index is 4.19. The molecule has 2 N–H and O–H groups in total. The lowest BCUT2D eigenvalue weighted by atomic mass is 10.2. The van der Waals surface area contributed by atoms with Gasteiger partial charge < -0.3 is 20.1 Å². The first-order chi connectivity index (χ1) is 8.61. The van der Waals surface area contributed by atoms with Crippen LogP contribution >= 0.6 is 0 Å². The van der Waals surface area contributed by atoms with Crippen LogP contribution in [0.15, 0.2) is 4.99 Å². The van der Waals surface area contributed by atoms with Gasteiger partial charge >= 0.3 is 0 Å². The fraction of sp³-hybridized carbons (Fsp3) is 0.923. The molecule has 0 rings (SSSR count). The van der Waals surface area contributed by atoms with E-state index in [1.54, 1.807) is 0 Å². The molecule has 5 heteroatoms. The van der Waals surface area contributed by atoms with Gasteiger partial charge in [0.15, 0.2) is 5.96 Å². The first-order valence-electron chi connectivity index (χ1n) is 6.82. The van der Waals surface area contributed by atoms with Crippen LogP contribution in [0.5, 0.6) is 0 Å². The van der Waals surface area contributed by atoms with Crippen molar-refractivity contribution in [2.24, 2.45) is 16.6 Å². The van der Waals surface area contributed by atoms with Crippen LogP contribution in [0.2, 0.25) is 0 Å². The molecule has 18 heavy (non-hydrogen) atoms. The lowest BCUT2D eigenvalue weighted by Crippen LogP contribution is -2.42. The lowest BCUT2D eigenvalue weighted by molar-refractivity contribution is 0.106. The average molecular weight is 259 g/mol. The molecule has 0 amide bonds. The van der Waals surface area contributed by atoms with Gasteiger partial charge in [-0.15, -0.1) is 0 Å². The second kappa shape index (κ2) is 11.3. The molecule has 5 nitrogen and oxygen atoms in total. The van der Waals surface area contributed by atoms with Crippen molar-refractivity contribution >= 4 is 5.96 Å². The normalized spacial score (nSPS) is 12.2. The van der Waals surface area contributed by atoms with Gasteiger partial charge in [0.2, 0.25) is 0 Å². The van der Waals surface area contributed by atoms with Crippen molar-refractivity contribution in [2.75, 3.05) is 46.1 Å². The third kappa shape index (κ3) is 9.24. The number of ether oxygens (including phenoxy) is 2. The van der Waals surface area contributed by atoms with E-state index >= 15 is 0 Å². The Hall–Kier alpha value is -0.810. The Morgan fingerprint density at radius 1 is 1.11 bits per heavy atom. The highest BCUT2D eigenvalue weighted by atomic mass is 16.5. The standard InChI is InChI=1S/C13H29N3O2/c1-5-17-9-7-16(8-10-18-6-2)13(14)15-11-12(3)4/h12H,5-11H2,1-4H3,(H2,14,15). The van der Waals surface area contributed by atoms with Crippen molar-refractivity contribution in [3.63, 3.8) is 0 Å². The molecule has 0 fully saturated rings. The molecule has 0 aliphatic carbocycles. The Morgan fingerprint density at radius 3 is 2.00 bits per heavy atom. The van der Waals surface area contributed by atoms with Gasteiger partial charge in [-0.2, -0.15) is 0 Å². The summed E-state index contributed by atoms with van der Waals surface area (Å²) in [4.78, 5) is 6.41. The molecule has 0 heterocycles. The molecule has 0 aromatic heterocycles. The second-order valence-corrected chi connectivity index (χ2v) is 4.47. The number of nitrogens with zero attached hydrogens (tertiary/aromatic N) is 2. The summed E-state index contributed by atoms with van der Waals surface area (Å²) in [6.07, 6.45) is 0. The van der Waals surface area contributed by atoms with E-state index in [0.717, 1.165) is 32.8 Å². The number of rotatable bonds is 10. The van der Waals surface area contributed by atoms with Crippen LogP contribution in [0.4, 0.5) is 0 Å². The minimum Gasteiger partial charge on any atom is -0.380 e. The fourth-order valence-corrected chi connectivity index (χ4v) is 1.36. The van der Waals surface area contributed by atoms with Crippen LogP contribution in [0.25, 0.3) is 0 Å². The van der Waals surface area contributed by atoms with E-state index in [2.05, 4.69) is 18.8 Å². The van der Waals surface area contributed by atoms with Gasteiger partial charge in [0.1, 0.15) is 0 Å². The summed E-state index contributed by atoms with van der Waals surface area (Å²) in [5, 5.41) is 0. The summed E-state index contributed by atoms with van der Waals surface area (Å²) in [5.41, 5.74) is 6.00. The third-order valence-electron chi connectivity index (χ3n) is 2.36. The van der Waals surface area contributed by atoms with Crippen LogP contribution in [0.1, 0.15) is 27.7 Å². The van der Waals surface area contributed by atoms with Crippen molar-refractivity contribution in [1.82, 2.24) is 4.90 Å². The van der Waals surface area contributed by atoms with Gasteiger partial charge in [-0.25, -0.2) is 0 Å². The summed E-state index contributed by atoms with van der Waals surface area (Å²) in [6.45, 7) is 13.3. The highest BCUT2D eigenvalue weighted by Crippen LogP contribution is 1.95. The molecule has 0 atom stereocenters. The zero-order valence-electron chi connectivity index (χ0n) is 12.3. The first kappa shape index (κ1) is 17.2. The van der Waals surface area contributed by atoms with E-state index in [0.29, 0.717) is 25.1 Å². The summed E-state index contributed by atoms with van der Waals surface area (Å²) in [5.74, 6) is 1.10. The molecular weight excluding hydrogens is 230 g/mol. The molecule has 0 unspecified atom stereocenters. The van der Waals surface area contributed by atoms with Gasteiger partial charge in [0.25, 0.3) is 0 Å². The number of aliphatic imine (C=N–C) groups is 1. The Kier molecular flexibility index (Phi) is 10.8. The average Bonchev–Trinajstić information content (AvgIpc) is 2.34. The van der Waals surface area contributed by atoms with Crippen LogP contribution in [-0.2, 0) is 9.47 Å². The number of hydrogen-bond acceptors (Lipinski definition) is 3. The quantitative estimate of drug-likeness (QED) is 0.365. The van der Waals surface area contributed by atoms with Crippen molar-refractivity contribution in [2.45, 2.75) is 27.7 Å². The van der Waals surface area contributed by atoms with Crippen LogP contribution in [0.3, 0.4) is 0 Å². The molecule has 0 aliphatic rings. The maximum absolute atomic E-state index is 6.00. The molecule has 108 valence electrons. The Bertz CT molecular complexity index is 210. The van der Waals surface area contributed by atoms with E-state index in [4.69, 9.17) is 15.2 Å². The van der Waals surface area contributed by atoms with E-state index < -0.39 is 0 Å². The number of nitrogens with two attached hydrogens (primary N) is 1. The second-order valence-electron chi connectivity index (χ2n) is 4.47. The third-order valence-corrected chi connectivity index (χ3v) is 2.36. The van der Waals surface area contributed by atoms with Crippen LogP contribution in [-0.4, -0.2) is 56.9 Å². The van der Waals surface area contributed by atoms with Gasteiger partial charge in [-0.3, -0.25) is 4.99 Å². The maximum atomic E-state index is 6.00. The van der Waals surface area contributed by atoms with Crippen molar-refractivity contribution in [1.29, 1.82) is 0 Å². The van der Waals surface area contributed by atoms with E-state index in [1.807, 2.05) is 18.7 Å². The van der Waals surface area contributed by atoms with Gasteiger partial charge in [0, 0.05) is 32.8 Å². The van der Waals surface area contributed by atoms with Crippen molar-refractivity contribution < 1.29 is 9.47 Å². The Morgan fingerprint density at radius 2 is 1.61 bits per heavy atom. The van der Waals surface area contributed by atoms with E-state index in [-0.39, 0.29) is 0 Å². The molecule has 0 bridgehead atoms. The summed E-state index contributed by atoms with van der Waals surface area (Å²) >= 11 is 0. The molecule has 0 saturated carbocycles. The summed E-state index contributed by atoms with van der Waals surface area (Å²) < 4.78 is 10.7. The lowest BCUT2D eigenvalue weighted by Gasteiger charge is -2.23. The van der Waals surface area contributed by atoms with Gasteiger partial charge in [-0.1, -0.05) is 13.8 Å². The van der Waals surface area contributed by atoms with Crippen molar-refractivity contribution in [3.05, 3.63) is 0 Å². The first-order valence-corrected chi connectivity index (χ1v) is 6.82. The number of hydrogen-bond donors (Lipinski definition) is 1. The van der Waals surface area contributed by atoms with Crippen LogP contribution < -0.4 is 5.73 Å². The predicted molar refractivity (Wildman–Crippen MR) is 75.9 cm³/mol. The molecule has 0 saturated heterocycles. The predicted octanol–water partition coefficient (Wildman–Crippen LogP) is 1.33. The van der Waals surface area contributed by atoms with E-state index in [9.17, 15) is 0 Å². The maximum Gasteiger partial charge on any atom is 0.191 e. The highest BCUT2D eigenvalue weighted by molar-refractivity contribution is 5.78. The van der Waals surface area contributed by atoms with Gasteiger partial charge in [-0.05, 0) is 19.8 Å². The molecule has 0 radical (unpaired) electrons. The van der Waals surface area contributed by atoms with E-state index in [1.165, 1.54) is 0 Å². The minimum absolute atomic E-state index is 0.518. The Labute approximate surface area is 111 Å². The molecular formula is C13H29N3O2. The summed E-state index contributed by atoms with van der Waals surface area (Å²) in [7, 11) is 0. The number of guanidine groups is 1. The SMILES string of the molecule is CCOCCN(CCOCC)C(N)=NCC(C)C.